The lowest BCUT2D eigenvalue weighted by Gasteiger charge is -2.56. The maximum Gasteiger partial charge on any atom is 0.130 e. The lowest BCUT2D eigenvalue weighted by molar-refractivity contribution is -0.0257. The van der Waals surface area contributed by atoms with Gasteiger partial charge in [-0.2, -0.15) is 0 Å². The molecule has 0 radical (unpaired) electrons. The third-order valence-electron chi connectivity index (χ3n) is 8.10. The van der Waals surface area contributed by atoms with Gasteiger partial charge >= 0.3 is 0 Å². The van der Waals surface area contributed by atoms with E-state index in [0.29, 0.717) is 0 Å². The number of nitrogens with one attached hydrogen (secondary N) is 1. The van der Waals surface area contributed by atoms with Crippen LogP contribution in [0.25, 0.3) is 0 Å². The standard InChI is InChI=1S/C36H31N3/c1-6-16-26(17-7-1)32-31-33(27-18-8-2-9-19-27)38-36(30-24-14-5-15-25-30)39(34(31)28-20-10-3-11-21-28)35(37-32)29-22-12-4-13-23-29/h1-25,31-32,34-37H. The highest BCUT2D eigenvalue weighted by Gasteiger charge is 2.52. The van der Waals surface area contributed by atoms with E-state index in [1.165, 1.54) is 27.8 Å². The first-order valence-corrected chi connectivity index (χ1v) is 13.7. The lowest BCUT2D eigenvalue weighted by Crippen LogP contribution is -2.58. The molecule has 6 unspecified atom stereocenters. The van der Waals surface area contributed by atoms with Crippen molar-refractivity contribution in [2.75, 3.05) is 0 Å². The fourth-order valence-electron chi connectivity index (χ4n) is 6.42. The summed E-state index contributed by atoms with van der Waals surface area (Å²) in [5, 5.41) is 4.13. The molecule has 0 amide bonds. The number of nitrogens with zero attached hydrogens (tertiary/aromatic N) is 2. The summed E-state index contributed by atoms with van der Waals surface area (Å²) in [6.45, 7) is 0. The van der Waals surface area contributed by atoms with Gasteiger partial charge in [-0.15, -0.1) is 0 Å². The number of aliphatic imine (C=N–C) groups is 1. The molecule has 2 bridgehead atoms. The van der Waals surface area contributed by atoms with Crippen molar-refractivity contribution in [1.82, 2.24) is 10.2 Å². The van der Waals surface area contributed by atoms with Crippen LogP contribution in [0.2, 0.25) is 0 Å². The summed E-state index contributed by atoms with van der Waals surface area (Å²) in [7, 11) is 0. The van der Waals surface area contributed by atoms with Gasteiger partial charge in [0.2, 0.25) is 0 Å². The van der Waals surface area contributed by atoms with Crippen LogP contribution in [0.4, 0.5) is 0 Å². The molecule has 1 saturated heterocycles. The van der Waals surface area contributed by atoms with E-state index in [4.69, 9.17) is 4.99 Å². The Morgan fingerprint density at radius 1 is 0.487 bits per heavy atom. The van der Waals surface area contributed by atoms with Crippen LogP contribution in [-0.2, 0) is 0 Å². The van der Waals surface area contributed by atoms with E-state index >= 15 is 0 Å². The Morgan fingerprint density at radius 2 is 0.949 bits per heavy atom. The molecule has 2 aliphatic heterocycles. The van der Waals surface area contributed by atoms with Gasteiger partial charge in [-0.3, -0.25) is 15.2 Å². The predicted octanol–water partition coefficient (Wildman–Crippen LogP) is 7.89. The van der Waals surface area contributed by atoms with Crippen molar-refractivity contribution in [1.29, 1.82) is 0 Å². The van der Waals surface area contributed by atoms with Gasteiger partial charge in [-0.05, 0) is 27.8 Å². The maximum atomic E-state index is 5.64. The van der Waals surface area contributed by atoms with Gasteiger partial charge in [-0.1, -0.05) is 152 Å². The van der Waals surface area contributed by atoms with Crippen LogP contribution in [0, 0.1) is 5.92 Å². The van der Waals surface area contributed by atoms with Crippen molar-refractivity contribution in [3.63, 3.8) is 0 Å². The van der Waals surface area contributed by atoms with E-state index in [1.807, 2.05) is 0 Å². The third-order valence-corrected chi connectivity index (χ3v) is 8.10. The van der Waals surface area contributed by atoms with E-state index < -0.39 is 0 Å². The first-order chi connectivity index (χ1) is 19.4. The fraction of sp³-hybridized carbons (Fsp3) is 0.139. The van der Waals surface area contributed by atoms with Gasteiger partial charge in [-0.25, -0.2) is 0 Å². The second-order valence-electron chi connectivity index (χ2n) is 10.4. The fourth-order valence-corrected chi connectivity index (χ4v) is 6.42. The van der Waals surface area contributed by atoms with E-state index in [0.717, 1.165) is 5.71 Å². The largest absolute Gasteiger partial charge is 0.290 e. The second-order valence-corrected chi connectivity index (χ2v) is 10.4. The lowest BCUT2D eigenvalue weighted by atomic mass is 9.73. The number of fused-ring (bicyclic) bond motifs is 2. The zero-order valence-electron chi connectivity index (χ0n) is 21.7. The molecular weight excluding hydrogens is 474 g/mol. The molecule has 7 rings (SSSR count). The number of hydrogen-bond donors (Lipinski definition) is 1. The third kappa shape index (κ3) is 4.40. The molecular formula is C36H31N3. The molecule has 3 heteroatoms. The van der Waals surface area contributed by atoms with Crippen LogP contribution in [0.3, 0.4) is 0 Å². The summed E-state index contributed by atoms with van der Waals surface area (Å²) in [6.07, 6.45) is -0.165. The monoisotopic (exact) mass is 505 g/mol. The van der Waals surface area contributed by atoms with Crippen LogP contribution >= 0.6 is 0 Å². The molecule has 0 aromatic heterocycles. The number of hydrogen-bond acceptors (Lipinski definition) is 3. The van der Waals surface area contributed by atoms with Crippen molar-refractivity contribution < 1.29 is 0 Å². The second kappa shape index (κ2) is 10.5. The molecule has 0 spiro atoms. The van der Waals surface area contributed by atoms with Gasteiger partial charge in [0.1, 0.15) is 6.17 Å². The van der Waals surface area contributed by atoms with Crippen molar-refractivity contribution >= 4 is 5.71 Å². The van der Waals surface area contributed by atoms with Crippen molar-refractivity contribution in [2.24, 2.45) is 10.9 Å². The summed E-state index contributed by atoms with van der Waals surface area (Å²) < 4.78 is 0. The van der Waals surface area contributed by atoms with Gasteiger partial charge < -0.3 is 0 Å². The van der Waals surface area contributed by atoms with E-state index in [2.05, 4.69) is 162 Å². The van der Waals surface area contributed by atoms with Crippen molar-refractivity contribution in [3.05, 3.63) is 179 Å². The zero-order valence-corrected chi connectivity index (χ0v) is 21.7. The minimum Gasteiger partial charge on any atom is -0.290 e. The summed E-state index contributed by atoms with van der Waals surface area (Å²) in [6, 6.07) is 54.5. The molecule has 0 aliphatic carbocycles. The van der Waals surface area contributed by atoms with Crippen LogP contribution < -0.4 is 5.32 Å². The Balaban J connectivity index is 1.52. The quantitative estimate of drug-likeness (QED) is 0.263. The molecule has 5 aromatic carbocycles. The highest BCUT2D eigenvalue weighted by Crippen LogP contribution is 2.54. The maximum absolute atomic E-state index is 5.64. The highest BCUT2D eigenvalue weighted by molar-refractivity contribution is 6.04. The minimum absolute atomic E-state index is 0.0239. The number of benzene rings is 5. The summed E-state index contributed by atoms with van der Waals surface area (Å²) in [5.41, 5.74) is 7.39. The Morgan fingerprint density at radius 3 is 1.51 bits per heavy atom. The summed E-state index contributed by atoms with van der Waals surface area (Å²) in [5.74, 6) is 0.108. The Kier molecular flexibility index (Phi) is 6.37. The smallest absolute Gasteiger partial charge is 0.130 e. The van der Waals surface area contributed by atoms with E-state index in [9.17, 15) is 0 Å². The van der Waals surface area contributed by atoms with Crippen LogP contribution in [0.15, 0.2) is 157 Å². The zero-order chi connectivity index (χ0) is 26.0. The first-order valence-electron chi connectivity index (χ1n) is 13.7. The van der Waals surface area contributed by atoms with Gasteiger partial charge in [0.15, 0.2) is 0 Å². The average Bonchev–Trinajstić information content (AvgIpc) is 3.03. The van der Waals surface area contributed by atoms with Crippen molar-refractivity contribution in [2.45, 2.75) is 24.4 Å². The molecule has 0 saturated carbocycles. The SMILES string of the molecule is c1ccc(C2=NC(c3ccccc3)N3C(c4ccccc4)NC(c4ccccc4)C2C3c2ccccc2)cc1. The van der Waals surface area contributed by atoms with Gasteiger partial charge in [0, 0.05) is 18.0 Å². The molecule has 6 atom stereocenters. The first kappa shape index (κ1) is 23.8. The van der Waals surface area contributed by atoms with Gasteiger partial charge in [0.05, 0.1) is 11.9 Å². The van der Waals surface area contributed by atoms with E-state index in [1.54, 1.807) is 0 Å². The Hall–Kier alpha value is -4.31. The summed E-state index contributed by atoms with van der Waals surface area (Å²) >= 11 is 0. The molecule has 2 heterocycles. The number of rotatable bonds is 5. The molecule has 190 valence electrons. The highest BCUT2D eigenvalue weighted by atomic mass is 15.4. The topological polar surface area (TPSA) is 27.6 Å². The average molecular weight is 506 g/mol. The molecule has 1 fully saturated rings. The summed E-state index contributed by atoms with van der Waals surface area (Å²) in [4.78, 5) is 8.24. The van der Waals surface area contributed by atoms with Crippen molar-refractivity contribution in [3.8, 4) is 0 Å². The molecule has 3 nitrogen and oxygen atoms in total. The minimum atomic E-state index is -0.141. The Bertz CT molecular complexity index is 1540. The molecule has 2 aliphatic rings. The van der Waals surface area contributed by atoms with Crippen LogP contribution in [0.1, 0.15) is 52.2 Å². The normalized spacial score (nSPS) is 26.0. The van der Waals surface area contributed by atoms with E-state index in [-0.39, 0.29) is 30.3 Å². The van der Waals surface area contributed by atoms with Crippen LogP contribution in [0.5, 0.6) is 0 Å². The Labute approximate surface area is 230 Å². The van der Waals surface area contributed by atoms with Gasteiger partial charge in [0.25, 0.3) is 0 Å². The molecule has 39 heavy (non-hydrogen) atoms. The van der Waals surface area contributed by atoms with Crippen LogP contribution in [-0.4, -0.2) is 10.6 Å². The predicted molar refractivity (Wildman–Crippen MR) is 158 cm³/mol. The molecule has 5 aromatic rings. The molecule has 1 N–H and O–H groups in total.